The molecule has 1 spiro atoms. The van der Waals surface area contributed by atoms with Gasteiger partial charge in [0, 0.05) is 24.7 Å². The summed E-state index contributed by atoms with van der Waals surface area (Å²) in [6, 6.07) is 15.0. The molecule has 0 bridgehead atoms. The number of H-pyrrole nitrogens is 1. The highest BCUT2D eigenvalue weighted by Gasteiger charge is 2.45. The number of ether oxygens (including phenoxy) is 1. The predicted octanol–water partition coefficient (Wildman–Crippen LogP) is 2.14. The van der Waals surface area contributed by atoms with Crippen molar-refractivity contribution in [2.24, 2.45) is 16.9 Å². The van der Waals surface area contributed by atoms with E-state index in [9.17, 15) is 9.59 Å². The standard InChI is InChI=1S/C27H27N5O3/c28-23-22-9-2-1-5-19(22)16-27(23)10-12-32(13-11-27)26-30-17-20(25(34)31-26)7-4-14-35-21-8-3-6-18(15-21)24(29)33/h1-3,5-6,8-9,15,17,23H,10-14,16,28H2,(H2,29,33)(H,30,31,34)/t23-/m1/s1. The first-order chi connectivity index (χ1) is 16.9. The molecule has 1 amide bonds. The quantitative estimate of drug-likeness (QED) is 0.503. The molecule has 0 unspecified atom stereocenters. The lowest BCUT2D eigenvalue weighted by molar-refractivity contribution is 0.1000. The molecule has 2 aromatic carbocycles. The number of aromatic amines is 1. The van der Waals surface area contributed by atoms with Crippen molar-refractivity contribution in [2.45, 2.75) is 25.3 Å². The molecule has 2 aliphatic rings. The van der Waals surface area contributed by atoms with Crippen LogP contribution >= 0.6 is 0 Å². The molecule has 0 radical (unpaired) electrons. The number of fused-ring (bicyclic) bond motifs is 1. The summed E-state index contributed by atoms with van der Waals surface area (Å²) in [5.41, 5.74) is 15.0. The monoisotopic (exact) mass is 469 g/mol. The number of primary amides is 1. The smallest absolute Gasteiger partial charge is 0.268 e. The normalized spacial score (nSPS) is 18.0. The average Bonchev–Trinajstić information content (AvgIpc) is 3.14. The number of rotatable bonds is 4. The first-order valence-corrected chi connectivity index (χ1v) is 11.6. The summed E-state index contributed by atoms with van der Waals surface area (Å²) < 4.78 is 5.52. The van der Waals surface area contributed by atoms with E-state index in [0.717, 1.165) is 32.4 Å². The van der Waals surface area contributed by atoms with E-state index >= 15 is 0 Å². The highest BCUT2D eigenvalue weighted by molar-refractivity contribution is 5.93. The van der Waals surface area contributed by atoms with Crippen LogP contribution < -0.4 is 26.7 Å². The van der Waals surface area contributed by atoms with Crippen LogP contribution in [0.2, 0.25) is 0 Å². The fraction of sp³-hybridized carbons (Fsp3) is 0.296. The Bertz CT molecular complexity index is 1380. The van der Waals surface area contributed by atoms with E-state index in [1.807, 2.05) is 0 Å². The van der Waals surface area contributed by atoms with Crippen molar-refractivity contribution < 1.29 is 9.53 Å². The SMILES string of the molecule is NC(=O)c1cccc(OCC#Cc2cnc(N3CCC4(CC3)Cc3ccccc3[C@H]4N)[nH]c2=O)c1. The second-order valence-corrected chi connectivity index (χ2v) is 9.13. The number of carbonyl (C=O) groups is 1. The number of nitrogens with one attached hydrogen (secondary N) is 1. The molecular formula is C27H27N5O3. The molecule has 5 rings (SSSR count). The Kier molecular flexibility index (Phi) is 6.01. The Hall–Kier alpha value is -4.09. The van der Waals surface area contributed by atoms with Gasteiger partial charge in [-0.15, -0.1) is 0 Å². The van der Waals surface area contributed by atoms with Crippen LogP contribution in [0.1, 0.15) is 45.9 Å². The van der Waals surface area contributed by atoms with Gasteiger partial charge in [-0.2, -0.15) is 0 Å². The van der Waals surface area contributed by atoms with Gasteiger partial charge in [-0.3, -0.25) is 14.6 Å². The molecule has 35 heavy (non-hydrogen) atoms. The molecule has 178 valence electrons. The molecule has 1 fully saturated rings. The summed E-state index contributed by atoms with van der Waals surface area (Å²) in [5.74, 6) is 6.11. The predicted molar refractivity (Wildman–Crippen MR) is 133 cm³/mol. The van der Waals surface area contributed by atoms with Crippen molar-refractivity contribution in [1.29, 1.82) is 0 Å². The van der Waals surface area contributed by atoms with Crippen LogP contribution in [0.3, 0.4) is 0 Å². The minimum absolute atomic E-state index is 0.0472. The summed E-state index contributed by atoms with van der Waals surface area (Å²) in [7, 11) is 0. The first-order valence-electron chi connectivity index (χ1n) is 11.6. The average molecular weight is 470 g/mol. The van der Waals surface area contributed by atoms with E-state index in [-0.39, 0.29) is 29.2 Å². The lowest BCUT2D eigenvalue weighted by Gasteiger charge is -2.42. The van der Waals surface area contributed by atoms with Crippen molar-refractivity contribution in [1.82, 2.24) is 9.97 Å². The molecule has 8 nitrogen and oxygen atoms in total. The molecule has 2 heterocycles. The third-order valence-electron chi connectivity index (χ3n) is 7.09. The van der Waals surface area contributed by atoms with Gasteiger partial charge in [-0.25, -0.2) is 4.98 Å². The molecule has 1 atom stereocenters. The fourth-order valence-corrected chi connectivity index (χ4v) is 5.09. The lowest BCUT2D eigenvalue weighted by atomic mass is 9.73. The maximum atomic E-state index is 12.6. The second kappa shape index (κ2) is 9.28. The number of aromatic nitrogens is 2. The largest absolute Gasteiger partial charge is 0.481 e. The number of benzene rings is 2. The van der Waals surface area contributed by atoms with E-state index in [1.165, 1.54) is 17.3 Å². The molecule has 5 N–H and O–H groups in total. The van der Waals surface area contributed by atoms with Crippen LogP contribution in [-0.2, 0) is 6.42 Å². The summed E-state index contributed by atoms with van der Waals surface area (Å²) in [6.45, 7) is 1.63. The Morgan fingerprint density at radius 2 is 2.00 bits per heavy atom. The molecule has 1 aromatic heterocycles. The van der Waals surface area contributed by atoms with Gasteiger partial charge < -0.3 is 21.1 Å². The fourth-order valence-electron chi connectivity index (χ4n) is 5.09. The second-order valence-electron chi connectivity index (χ2n) is 9.13. The minimum atomic E-state index is -0.528. The third-order valence-corrected chi connectivity index (χ3v) is 7.09. The molecule has 8 heteroatoms. The molecule has 1 saturated heterocycles. The Balaban J connectivity index is 1.20. The van der Waals surface area contributed by atoms with Gasteiger partial charge in [-0.1, -0.05) is 42.2 Å². The minimum Gasteiger partial charge on any atom is -0.481 e. The van der Waals surface area contributed by atoms with Gasteiger partial charge in [0.15, 0.2) is 0 Å². The van der Waals surface area contributed by atoms with Crippen LogP contribution in [0.5, 0.6) is 5.75 Å². The highest BCUT2D eigenvalue weighted by atomic mass is 16.5. The van der Waals surface area contributed by atoms with Gasteiger partial charge in [0.25, 0.3) is 5.56 Å². The van der Waals surface area contributed by atoms with E-state index < -0.39 is 5.91 Å². The van der Waals surface area contributed by atoms with Crippen LogP contribution in [0, 0.1) is 17.3 Å². The number of hydrogen-bond donors (Lipinski definition) is 3. The maximum Gasteiger partial charge on any atom is 0.268 e. The molecule has 3 aromatic rings. The van der Waals surface area contributed by atoms with E-state index in [1.54, 1.807) is 24.3 Å². The van der Waals surface area contributed by atoms with Crippen LogP contribution in [0.4, 0.5) is 5.95 Å². The first kappa shape index (κ1) is 22.7. The third kappa shape index (κ3) is 4.51. The Labute approximate surface area is 203 Å². The molecule has 0 saturated carbocycles. The van der Waals surface area contributed by atoms with Gasteiger partial charge in [0.1, 0.15) is 17.9 Å². The van der Waals surface area contributed by atoms with Crippen molar-refractivity contribution in [3.8, 4) is 17.6 Å². The van der Waals surface area contributed by atoms with Gasteiger partial charge >= 0.3 is 0 Å². The van der Waals surface area contributed by atoms with Crippen molar-refractivity contribution in [3.63, 3.8) is 0 Å². The van der Waals surface area contributed by atoms with E-state index in [0.29, 0.717) is 17.3 Å². The van der Waals surface area contributed by atoms with Gasteiger partial charge in [0.2, 0.25) is 11.9 Å². The van der Waals surface area contributed by atoms with Crippen LogP contribution in [-0.4, -0.2) is 35.6 Å². The zero-order valence-electron chi connectivity index (χ0n) is 19.3. The van der Waals surface area contributed by atoms with Crippen LogP contribution in [0.25, 0.3) is 0 Å². The Morgan fingerprint density at radius 3 is 2.74 bits per heavy atom. The van der Waals surface area contributed by atoms with E-state index in [2.05, 4.69) is 51.0 Å². The van der Waals surface area contributed by atoms with Gasteiger partial charge in [0.05, 0.1) is 6.20 Å². The number of hydrogen-bond acceptors (Lipinski definition) is 6. The number of nitrogens with zero attached hydrogens (tertiary/aromatic N) is 2. The number of amides is 1. The maximum absolute atomic E-state index is 12.6. The number of carbonyl (C=O) groups excluding carboxylic acids is 1. The lowest BCUT2D eigenvalue weighted by Crippen LogP contribution is -2.45. The highest BCUT2D eigenvalue weighted by Crippen LogP contribution is 2.50. The topological polar surface area (TPSA) is 127 Å². The molecule has 1 aliphatic carbocycles. The van der Waals surface area contributed by atoms with Crippen LogP contribution in [0.15, 0.2) is 59.5 Å². The summed E-state index contributed by atoms with van der Waals surface area (Å²) in [6.07, 6.45) is 4.40. The number of anilines is 1. The summed E-state index contributed by atoms with van der Waals surface area (Å²) >= 11 is 0. The van der Waals surface area contributed by atoms with Crippen molar-refractivity contribution in [2.75, 3.05) is 24.6 Å². The number of piperidine rings is 1. The Morgan fingerprint density at radius 1 is 1.20 bits per heavy atom. The molecule has 1 aliphatic heterocycles. The summed E-state index contributed by atoms with van der Waals surface area (Å²) in [4.78, 5) is 33.3. The zero-order chi connectivity index (χ0) is 24.4. The van der Waals surface area contributed by atoms with E-state index in [4.69, 9.17) is 16.2 Å². The zero-order valence-corrected chi connectivity index (χ0v) is 19.3. The number of nitrogens with two attached hydrogens (primary N) is 2. The van der Waals surface area contributed by atoms with Crippen molar-refractivity contribution in [3.05, 3.63) is 87.3 Å². The van der Waals surface area contributed by atoms with Crippen molar-refractivity contribution >= 4 is 11.9 Å². The summed E-state index contributed by atoms with van der Waals surface area (Å²) in [5, 5.41) is 0. The van der Waals surface area contributed by atoms with Gasteiger partial charge in [-0.05, 0) is 54.0 Å². The molecular weight excluding hydrogens is 442 g/mol.